The first-order valence-corrected chi connectivity index (χ1v) is 4.84. The monoisotopic (exact) mass is 217 g/mol. The van der Waals surface area contributed by atoms with Gasteiger partial charge < -0.3 is 5.11 Å². The number of carboxylic acid groups (broad SMARTS) is 1. The molecule has 1 aromatic carbocycles. The Balaban J connectivity index is 2.40. The second-order valence-electron chi connectivity index (χ2n) is 3.50. The topological polar surface area (TPSA) is 68.0 Å². The van der Waals surface area contributed by atoms with E-state index in [2.05, 4.69) is 10.1 Å². The number of hydrogen-bond acceptors (Lipinski definition) is 3. The van der Waals surface area contributed by atoms with Crippen LogP contribution >= 0.6 is 0 Å². The van der Waals surface area contributed by atoms with Gasteiger partial charge >= 0.3 is 5.97 Å². The molecule has 0 amide bonds. The van der Waals surface area contributed by atoms with Crippen LogP contribution in [0.25, 0.3) is 5.69 Å². The van der Waals surface area contributed by atoms with E-state index in [0.717, 1.165) is 11.3 Å². The van der Waals surface area contributed by atoms with Gasteiger partial charge in [-0.05, 0) is 24.6 Å². The van der Waals surface area contributed by atoms with Crippen molar-refractivity contribution in [1.82, 2.24) is 14.8 Å². The summed E-state index contributed by atoms with van der Waals surface area (Å²) in [5.41, 5.74) is 1.92. The Hall–Kier alpha value is -2.17. The molecule has 0 unspecified atom stereocenters. The lowest BCUT2D eigenvalue weighted by molar-refractivity contribution is -0.136. The smallest absolute Gasteiger partial charge is 0.311 e. The molecule has 0 bridgehead atoms. The van der Waals surface area contributed by atoms with Crippen LogP contribution in [0.15, 0.2) is 30.6 Å². The highest BCUT2D eigenvalue weighted by Gasteiger charge is 2.10. The van der Waals surface area contributed by atoms with Crippen LogP contribution in [0, 0.1) is 6.92 Å². The number of benzene rings is 1. The number of rotatable bonds is 3. The van der Waals surface area contributed by atoms with Gasteiger partial charge in [0.15, 0.2) is 0 Å². The maximum absolute atomic E-state index is 10.6. The minimum absolute atomic E-state index is 0.131. The van der Waals surface area contributed by atoms with Crippen molar-refractivity contribution in [2.45, 2.75) is 13.3 Å². The van der Waals surface area contributed by atoms with E-state index in [-0.39, 0.29) is 6.42 Å². The highest BCUT2D eigenvalue weighted by molar-refractivity contribution is 5.69. The fourth-order valence-corrected chi connectivity index (χ4v) is 1.50. The SMILES string of the molecule is Cc1cccc(-n2ncnc2CC(=O)O)c1. The molecule has 5 heteroatoms. The Morgan fingerprint density at radius 2 is 2.31 bits per heavy atom. The van der Waals surface area contributed by atoms with Crippen molar-refractivity contribution in [2.24, 2.45) is 0 Å². The predicted molar refractivity (Wildman–Crippen MR) is 57.4 cm³/mol. The van der Waals surface area contributed by atoms with Gasteiger partial charge in [-0.15, -0.1) is 0 Å². The number of aryl methyl sites for hydroxylation is 1. The van der Waals surface area contributed by atoms with Gasteiger partial charge in [0.05, 0.1) is 5.69 Å². The van der Waals surface area contributed by atoms with E-state index in [1.54, 1.807) is 4.68 Å². The van der Waals surface area contributed by atoms with E-state index in [4.69, 9.17) is 5.11 Å². The molecule has 0 aliphatic carbocycles. The third-order valence-corrected chi connectivity index (χ3v) is 2.17. The first kappa shape index (κ1) is 10.4. The highest BCUT2D eigenvalue weighted by Crippen LogP contribution is 2.10. The summed E-state index contributed by atoms with van der Waals surface area (Å²) >= 11 is 0. The lowest BCUT2D eigenvalue weighted by Gasteiger charge is -2.04. The van der Waals surface area contributed by atoms with Crippen LogP contribution in [0.5, 0.6) is 0 Å². The Morgan fingerprint density at radius 1 is 1.50 bits per heavy atom. The summed E-state index contributed by atoms with van der Waals surface area (Å²) < 4.78 is 1.54. The lowest BCUT2D eigenvalue weighted by atomic mass is 10.2. The van der Waals surface area contributed by atoms with Crippen LogP contribution in [0.4, 0.5) is 0 Å². The van der Waals surface area contributed by atoms with Crippen molar-refractivity contribution >= 4 is 5.97 Å². The molecule has 82 valence electrons. The number of hydrogen-bond donors (Lipinski definition) is 1. The molecule has 1 N–H and O–H groups in total. The first-order chi connectivity index (χ1) is 7.66. The molecule has 0 atom stereocenters. The van der Waals surface area contributed by atoms with Crippen molar-refractivity contribution in [3.05, 3.63) is 42.0 Å². The molecule has 1 heterocycles. The van der Waals surface area contributed by atoms with Crippen molar-refractivity contribution in [3.63, 3.8) is 0 Å². The van der Waals surface area contributed by atoms with Gasteiger partial charge in [-0.25, -0.2) is 9.67 Å². The van der Waals surface area contributed by atoms with E-state index in [9.17, 15) is 4.79 Å². The molecule has 0 saturated heterocycles. The van der Waals surface area contributed by atoms with Crippen molar-refractivity contribution in [3.8, 4) is 5.69 Å². The van der Waals surface area contributed by atoms with E-state index in [1.807, 2.05) is 31.2 Å². The van der Waals surface area contributed by atoms with Crippen LogP contribution in [-0.2, 0) is 11.2 Å². The number of aliphatic carboxylic acids is 1. The second kappa shape index (κ2) is 4.14. The maximum atomic E-state index is 10.6. The summed E-state index contributed by atoms with van der Waals surface area (Å²) in [7, 11) is 0. The average molecular weight is 217 g/mol. The molecule has 0 saturated carbocycles. The van der Waals surface area contributed by atoms with E-state index in [1.165, 1.54) is 6.33 Å². The zero-order chi connectivity index (χ0) is 11.5. The quantitative estimate of drug-likeness (QED) is 0.838. The van der Waals surface area contributed by atoms with Crippen LogP contribution in [-0.4, -0.2) is 25.8 Å². The normalized spacial score (nSPS) is 10.3. The van der Waals surface area contributed by atoms with Gasteiger partial charge in [-0.3, -0.25) is 4.79 Å². The van der Waals surface area contributed by atoms with E-state index >= 15 is 0 Å². The maximum Gasteiger partial charge on any atom is 0.311 e. The zero-order valence-corrected chi connectivity index (χ0v) is 8.79. The summed E-state index contributed by atoms with van der Waals surface area (Å²) in [6.45, 7) is 1.97. The molecule has 0 radical (unpaired) electrons. The number of aromatic nitrogens is 3. The molecule has 2 aromatic rings. The fraction of sp³-hybridized carbons (Fsp3) is 0.182. The molecule has 0 aliphatic rings. The molecular formula is C11H11N3O2. The molecule has 0 spiro atoms. The Kier molecular flexibility index (Phi) is 2.68. The molecular weight excluding hydrogens is 206 g/mol. The third-order valence-electron chi connectivity index (χ3n) is 2.17. The van der Waals surface area contributed by atoms with E-state index in [0.29, 0.717) is 5.82 Å². The second-order valence-corrected chi connectivity index (χ2v) is 3.50. The number of carbonyl (C=O) groups is 1. The average Bonchev–Trinajstić information content (AvgIpc) is 2.65. The first-order valence-electron chi connectivity index (χ1n) is 4.84. The molecule has 0 fully saturated rings. The van der Waals surface area contributed by atoms with Crippen molar-refractivity contribution < 1.29 is 9.90 Å². The molecule has 2 rings (SSSR count). The van der Waals surface area contributed by atoms with Gasteiger partial charge in [0, 0.05) is 0 Å². The van der Waals surface area contributed by atoms with Gasteiger partial charge in [0.2, 0.25) is 0 Å². The van der Waals surface area contributed by atoms with Crippen LogP contribution in [0.3, 0.4) is 0 Å². The highest BCUT2D eigenvalue weighted by atomic mass is 16.4. The van der Waals surface area contributed by atoms with Gasteiger partial charge in [0.1, 0.15) is 18.6 Å². The van der Waals surface area contributed by atoms with Crippen LogP contribution in [0.1, 0.15) is 11.4 Å². The zero-order valence-electron chi connectivity index (χ0n) is 8.79. The Morgan fingerprint density at radius 3 is 3.00 bits per heavy atom. The molecule has 1 aromatic heterocycles. The van der Waals surface area contributed by atoms with Crippen molar-refractivity contribution in [1.29, 1.82) is 0 Å². The molecule has 0 aliphatic heterocycles. The summed E-state index contributed by atoms with van der Waals surface area (Å²) in [5, 5.41) is 12.8. The summed E-state index contributed by atoms with van der Waals surface area (Å²) in [5.74, 6) is -0.486. The Labute approximate surface area is 92.4 Å². The Bertz CT molecular complexity index is 519. The van der Waals surface area contributed by atoms with Crippen LogP contribution < -0.4 is 0 Å². The van der Waals surface area contributed by atoms with Crippen LogP contribution in [0.2, 0.25) is 0 Å². The molecule has 16 heavy (non-hydrogen) atoms. The number of carboxylic acids is 1. The number of nitrogens with zero attached hydrogens (tertiary/aromatic N) is 3. The predicted octanol–water partition coefficient (Wildman–Crippen LogP) is 1.20. The molecule has 5 nitrogen and oxygen atoms in total. The van der Waals surface area contributed by atoms with Crippen molar-refractivity contribution in [2.75, 3.05) is 0 Å². The fourth-order valence-electron chi connectivity index (χ4n) is 1.50. The summed E-state index contributed by atoms with van der Waals surface area (Å²) in [6, 6.07) is 7.67. The summed E-state index contributed by atoms with van der Waals surface area (Å²) in [4.78, 5) is 14.6. The largest absolute Gasteiger partial charge is 0.481 e. The van der Waals surface area contributed by atoms with Gasteiger partial charge in [-0.1, -0.05) is 12.1 Å². The third kappa shape index (κ3) is 2.08. The van der Waals surface area contributed by atoms with Gasteiger partial charge in [0.25, 0.3) is 0 Å². The lowest BCUT2D eigenvalue weighted by Crippen LogP contribution is -2.09. The standard InChI is InChI=1S/C11H11N3O2/c1-8-3-2-4-9(5-8)14-10(6-11(15)16)12-7-13-14/h2-5,7H,6H2,1H3,(H,15,16). The minimum Gasteiger partial charge on any atom is -0.481 e. The summed E-state index contributed by atoms with van der Waals surface area (Å²) in [6.07, 6.45) is 1.23. The van der Waals surface area contributed by atoms with Gasteiger partial charge in [-0.2, -0.15) is 5.10 Å². The minimum atomic E-state index is -0.915. The van der Waals surface area contributed by atoms with E-state index < -0.39 is 5.97 Å².